The van der Waals surface area contributed by atoms with Crippen molar-refractivity contribution in [2.45, 2.75) is 19.9 Å². The lowest BCUT2D eigenvalue weighted by molar-refractivity contribution is 0.0912. The van der Waals surface area contributed by atoms with Crippen LogP contribution in [0.4, 0.5) is 0 Å². The van der Waals surface area contributed by atoms with E-state index >= 15 is 0 Å². The maximum absolute atomic E-state index is 6.04. The second-order valence-corrected chi connectivity index (χ2v) is 6.26. The molecule has 1 aromatic carbocycles. The summed E-state index contributed by atoms with van der Waals surface area (Å²) in [5.74, 6) is 1.64. The summed E-state index contributed by atoms with van der Waals surface area (Å²) >= 11 is 0. The topological polar surface area (TPSA) is 41.7 Å². The molecule has 1 aliphatic heterocycles. The minimum absolute atomic E-state index is 0.317. The molecule has 21 heavy (non-hydrogen) atoms. The van der Waals surface area contributed by atoms with Crippen molar-refractivity contribution in [1.29, 1.82) is 0 Å². The summed E-state index contributed by atoms with van der Waals surface area (Å²) in [5.41, 5.74) is 7.32. The summed E-state index contributed by atoms with van der Waals surface area (Å²) in [6.07, 6.45) is 0. The van der Waals surface area contributed by atoms with Gasteiger partial charge in [-0.1, -0.05) is 26.0 Å². The van der Waals surface area contributed by atoms with Gasteiger partial charge in [-0.3, -0.25) is 4.90 Å². The molecule has 1 aromatic rings. The Balaban J connectivity index is 1.95. The van der Waals surface area contributed by atoms with Gasteiger partial charge in [0.25, 0.3) is 0 Å². The molecule has 0 amide bonds. The minimum Gasteiger partial charge on any atom is -0.497 e. The molecule has 1 fully saturated rings. The molecule has 4 heteroatoms. The number of hydrogen-bond donors (Lipinski definition) is 1. The zero-order valence-corrected chi connectivity index (χ0v) is 13.6. The average molecular weight is 291 g/mol. The highest BCUT2D eigenvalue weighted by Gasteiger charge is 2.24. The summed E-state index contributed by atoms with van der Waals surface area (Å²) in [7, 11) is 1.70. The van der Waals surface area contributed by atoms with Crippen LogP contribution in [0.25, 0.3) is 0 Å². The summed E-state index contributed by atoms with van der Waals surface area (Å²) in [5, 5.41) is 0. The summed E-state index contributed by atoms with van der Waals surface area (Å²) in [6.45, 7) is 10.9. The Labute approximate surface area is 128 Å². The number of methoxy groups -OCH3 is 1. The van der Waals surface area contributed by atoms with Crippen LogP contribution in [0.2, 0.25) is 0 Å². The van der Waals surface area contributed by atoms with E-state index in [1.807, 2.05) is 12.1 Å². The van der Waals surface area contributed by atoms with E-state index in [9.17, 15) is 0 Å². The summed E-state index contributed by atoms with van der Waals surface area (Å²) in [6, 6.07) is 8.63. The monoisotopic (exact) mass is 291 g/mol. The second-order valence-electron chi connectivity index (χ2n) is 6.26. The number of nitrogens with zero attached hydrogens (tertiary/aromatic N) is 2. The quantitative estimate of drug-likeness (QED) is 0.870. The maximum Gasteiger partial charge on any atom is 0.118 e. The fourth-order valence-corrected chi connectivity index (χ4v) is 3.10. The molecule has 2 N–H and O–H groups in total. The molecule has 0 radical (unpaired) electrons. The molecule has 0 aliphatic carbocycles. The predicted molar refractivity (Wildman–Crippen MR) is 87.6 cm³/mol. The van der Waals surface area contributed by atoms with Crippen LogP contribution in [0.3, 0.4) is 0 Å². The van der Waals surface area contributed by atoms with Crippen LogP contribution in [0.5, 0.6) is 5.75 Å². The average Bonchev–Trinajstić information content (AvgIpc) is 2.50. The Morgan fingerprint density at radius 1 is 1.10 bits per heavy atom. The molecular formula is C17H29N3O. The largest absolute Gasteiger partial charge is 0.497 e. The third-order valence-electron chi connectivity index (χ3n) is 4.19. The second kappa shape index (κ2) is 7.78. The van der Waals surface area contributed by atoms with Crippen LogP contribution in [0, 0.1) is 5.92 Å². The molecule has 0 spiro atoms. The van der Waals surface area contributed by atoms with Crippen LogP contribution in [-0.4, -0.2) is 56.2 Å². The molecule has 1 heterocycles. The number of piperazine rings is 1. The summed E-state index contributed by atoms with van der Waals surface area (Å²) < 4.78 is 5.23. The highest BCUT2D eigenvalue weighted by Crippen LogP contribution is 2.23. The van der Waals surface area contributed by atoms with Crippen molar-refractivity contribution in [3.8, 4) is 5.75 Å². The van der Waals surface area contributed by atoms with Crippen molar-refractivity contribution in [1.82, 2.24) is 9.80 Å². The van der Waals surface area contributed by atoms with Gasteiger partial charge in [-0.15, -0.1) is 0 Å². The van der Waals surface area contributed by atoms with Gasteiger partial charge in [-0.05, 0) is 23.6 Å². The zero-order valence-electron chi connectivity index (χ0n) is 13.6. The van der Waals surface area contributed by atoms with E-state index in [0.29, 0.717) is 12.6 Å². The fourth-order valence-electron chi connectivity index (χ4n) is 3.10. The van der Waals surface area contributed by atoms with Crippen molar-refractivity contribution >= 4 is 0 Å². The Kier molecular flexibility index (Phi) is 6.03. The van der Waals surface area contributed by atoms with Gasteiger partial charge < -0.3 is 15.4 Å². The van der Waals surface area contributed by atoms with E-state index in [0.717, 1.165) is 37.8 Å². The van der Waals surface area contributed by atoms with Crippen LogP contribution in [-0.2, 0) is 0 Å². The van der Waals surface area contributed by atoms with Gasteiger partial charge in [0, 0.05) is 45.3 Å². The number of benzene rings is 1. The lowest BCUT2D eigenvalue weighted by atomic mass is 10.0. The van der Waals surface area contributed by atoms with Crippen LogP contribution in [0.15, 0.2) is 24.3 Å². The normalized spacial score (nSPS) is 18.9. The van der Waals surface area contributed by atoms with Gasteiger partial charge in [0.2, 0.25) is 0 Å². The SMILES string of the molecule is COc1ccc(C(CN)N2CCN(CC(C)C)CC2)cc1. The third-order valence-corrected chi connectivity index (χ3v) is 4.19. The lowest BCUT2D eigenvalue weighted by Gasteiger charge is -2.39. The number of nitrogens with two attached hydrogens (primary N) is 1. The first-order valence-corrected chi connectivity index (χ1v) is 7.94. The van der Waals surface area contributed by atoms with E-state index in [-0.39, 0.29) is 0 Å². The van der Waals surface area contributed by atoms with Crippen LogP contribution in [0.1, 0.15) is 25.5 Å². The number of ether oxygens (including phenoxy) is 1. The molecule has 4 nitrogen and oxygen atoms in total. The predicted octanol–water partition coefficient (Wildman–Crippen LogP) is 1.97. The first-order valence-electron chi connectivity index (χ1n) is 7.94. The first-order chi connectivity index (χ1) is 10.1. The molecule has 118 valence electrons. The van der Waals surface area contributed by atoms with E-state index in [1.165, 1.54) is 12.1 Å². The number of rotatable bonds is 6. The van der Waals surface area contributed by atoms with Crippen molar-refractivity contribution in [3.63, 3.8) is 0 Å². The number of hydrogen-bond acceptors (Lipinski definition) is 4. The lowest BCUT2D eigenvalue weighted by Crippen LogP contribution is -2.49. The molecular weight excluding hydrogens is 262 g/mol. The van der Waals surface area contributed by atoms with E-state index < -0.39 is 0 Å². The van der Waals surface area contributed by atoms with E-state index in [2.05, 4.69) is 35.8 Å². The minimum atomic E-state index is 0.317. The molecule has 1 unspecified atom stereocenters. The molecule has 1 saturated heterocycles. The van der Waals surface area contributed by atoms with Crippen molar-refractivity contribution < 1.29 is 4.74 Å². The Morgan fingerprint density at radius 3 is 2.19 bits per heavy atom. The van der Waals surface area contributed by atoms with Gasteiger partial charge >= 0.3 is 0 Å². The fraction of sp³-hybridized carbons (Fsp3) is 0.647. The van der Waals surface area contributed by atoms with Gasteiger partial charge in [-0.2, -0.15) is 0 Å². The third kappa shape index (κ3) is 4.43. The van der Waals surface area contributed by atoms with Crippen LogP contribution < -0.4 is 10.5 Å². The smallest absolute Gasteiger partial charge is 0.118 e. The maximum atomic E-state index is 6.04. The van der Waals surface area contributed by atoms with Crippen molar-refractivity contribution in [3.05, 3.63) is 29.8 Å². The van der Waals surface area contributed by atoms with Crippen molar-refractivity contribution in [2.24, 2.45) is 11.7 Å². The highest BCUT2D eigenvalue weighted by molar-refractivity contribution is 5.29. The Morgan fingerprint density at radius 2 is 1.71 bits per heavy atom. The molecule has 0 saturated carbocycles. The first kappa shape index (κ1) is 16.3. The zero-order chi connectivity index (χ0) is 15.2. The molecule has 2 rings (SSSR count). The Hall–Kier alpha value is -1.10. The standard InChI is InChI=1S/C17H29N3O/c1-14(2)13-19-8-10-20(11-9-19)17(12-18)15-4-6-16(21-3)7-5-15/h4-7,14,17H,8-13,18H2,1-3H3. The Bertz CT molecular complexity index is 411. The van der Waals surface area contributed by atoms with Gasteiger partial charge in [0.15, 0.2) is 0 Å². The van der Waals surface area contributed by atoms with Gasteiger partial charge in [0.1, 0.15) is 5.75 Å². The molecule has 1 atom stereocenters. The highest BCUT2D eigenvalue weighted by atomic mass is 16.5. The van der Waals surface area contributed by atoms with Gasteiger partial charge in [0.05, 0.1) is 7.11 Å². The van der Waals surface area contributed by atoms with Crippen LogP contribution >= 0.6 is 0 Å². The molecule has 0 aromatic heterocycles. The molecule has 0 bridgehead atoms. The van der Waals surface area contributed by atoms with Gasteiger partial charge in [-0.25, -0.2) is 0 Å². The summed E-state index contributed by atoms with van der Waals surface area (Å²) in [4.78, 5) is 5.07. The van der Waals surface area contributed by atoms with E-state index in [4.69, 9.17) is 10.5 Å². The van der Waals surface area contributed by atoms with E-state index in [1.54, 1.807) is 7.11 Å². The van der Waals surface area contributed by atoms with Crippen molar-refractivity contribution in [2.75, 3.05) is 46.4 Å². The molecule has 1 aliphatic rings.